The number of rotatable bonds is 2. The first-order chi connectivity index (χ1) is 9.27. The van der Waals surface area contributed by atoms with Crippen LogP contribution in [-0.4, -0.2) is 18.2 Å². The maximum atomic E-state index is 9.94. The summed E-state index contributed by atoms with van der Waals surface area (Å²) in [5.41, 5.74) is 7.63. The molecule has 0 amide bonds. The van der Waals surface area contributed by atoms with Crippen molar-refractivity contribution in [3.63, 3.8) is 0 Å². The zero-order chi connectivity index (χ0) is 13.2. The minimum Gasteiger partial charge on any atom is -0.507 e. The third-order valence-electron chi connectivity index (χ3n) is 4.19. The second-order valence-corrected chi connectivity index (χ2v) is 5.33. The largest absolute Gasteiger partial charge is 0.507 e. The maximum Gasteiger partial charge on any atom is 0.123 e. The maximum absolute atomic E-state index is 9.94. The molecule has 0 aromatic heterocycles. The van der Waals surface area contributed by atoms with E-state index < -0.39 is 0 Å². The SMILES string of the molecule is Cl.N[C@@H](c1ccc(O)c2ccccc12)C1CCNCC1. The Morgan fingerprint density at radius 3 is 2.40 bits per heavy atom. The van der Waals surface area contributed by atoms with Crippen LogP contribution >= 0.6 is 12.4 Å². The molecule has 0 saturated carbocycles. The van der Waals surface area contributed by atoms with Gasteiger partial charge in [0.15, 0.2) is 0 Å². The third-order valence-corrected chi connectivity index (χ3v) is 4.19. The highest BCUT2D eigenvalue weighted by Crippen LogP contribution is 2.34. The summed E-state index contributed by atoms with van der Waals surface area (Å²) in [5, 5.41) is 15.3. The Kier molecular flexibility index (Phi) is 4.86. The van der Waals surface area contributed by atoms with Crippen LogP contribution < -0.4 is 11.1 Å². The highest BCUT2D eigenvalue weighted by Gasteiger charge is 2.23. The van der Waals surface area contributed by atoms with Crippen molar-refractivity contribution in [2.24, 2.45) is 11.7 Å². The standard InChI is InChI=1S/C16H20N2O.ClH/c17-16(11-7-9-18-10-8-11)14-5-6-15(19)13-4-2-1-3-12(13)14;/h1-6,11,16,18-19H,7-10,17H2;1H/t16-;/m1./s1. The zero-order valence-corrected chi connectivity index (χ0v) is 12.2. The molecule has 0 aliphatic carbocycles. The molecule has 1 heterocycles. The first-order valence-electron chi connectivity index (χ1n) is 6.94. The lowest BCUT2D eigenvalue weighted by Gasteiger charge is -2.29. The van der Waals surface area contributed by atoms with Crippen LogP contribution in [0.15, 0.2) is 36.4 Å². The summed E-state index contributed by atoms with van der Waals surface area (Å²) < 4.78 is 0. The van der Waals surface area contributed by atoms with Gasteiger partial charge in [-0.2, -0.15) is 0 Å². The molecule has 108 valence electrons. The average molecular weight is 293 g/mol. The summed E-state index contributed by atoms with van der Waals surface area (Å²) in [6.07, 6.45) is 2.24. The molecule has 3 nitrogen and oxygen atoms in total. The molecular formula is C16H21ClN2O. The van der Waals surface area contributed by atoms with Gasteiger partial charge in [-0.25, -0.2) is 0 Å². The van der Waals surface area contributed by atoms with Gasteiger partial charge in [-0.15, -0.1) is 12.4 Å². The molecule has 0 radical (unpaired) electrons. The Bertz CT molecular complexity index is 582. The number of aromatic hydroxyl groups is 1. The van der Waals surface area contributed by atoms with Gasteiger partial charge in [0.1, 0.15) is 5.75 Å². The van der Waals surface area contributed by atoms with Crippen molar-refractivity contribution in [2.45, 2.75) is 18.9 Å². The fourth-order valence-corrected chi connectivity index (χ4v) is 3.05. The van der Waals surface area contributed by atoms with Crippen LogP contribution in [0.4, 0.5) is 0 Å². The van der Waals surface area contributed by atoms with Crippen LogP contribution in [0, 0.1) is 5.92 Å². The molecule has 1 saturated heterocycles. The van der Waals surface area contributed by atoms with E-state index in [1.54, 1.807) is 6.07 Å². The number of hydrogen-bond donors (Lipinski definition) is 3. The Morgan fingerprint density at radius 1 is 1.05 bits per heavy atom. The van der Waals surface area contributed by atoms with Gasteiger partial charge in [0.05, 0.1) is 0 Å². The van der Waals surface area contributed by atoms with Crippen LogP contribution in [0.25, 0.3) is 10.8 Å². The Morgan fingerprint density at radius 2 is 1.70 bits per heavy atom. The molecule has 1 aliphatic heterocycles. The molecule has 0 bridgehead atoms. The number of phenolic OH excluding ortho intramolecular Hbond substituents is 1. The van der Waals surface area contributed by atoms with E-state index in [0.717, 1.165) is 42.3 Å². The van der Waals surface area contributed by atoms with Crippen molar-refractivity contribution in [1.82, 2.24) is 5.32 Å². The summed E-state index contributed by atoms with van der Waals surface area (Å²) in [4.78, 5) is 0. The number of nitrogens with two attached hydrogens (primary N) is 1. The Balaban J connectivity index is 0.00000147. The number of benzene rings is 2. The molecule has 0 unspecified atom stereocenters. The van der Waals surface area contributed by atoms with E-state index in [1.165, 1.54) is 0 Å². The molecular weight excluding hydrogens is 272 g/mol. The van der Waals surface area contributed by atoms with Crippen molar-refractivity contribution >= 4 is 23.2 Å². The minimum atomic E-state index is 0. The van der Waals surface area contributed by atoms with E-state index in [1.807, 2.05) is 30.3 Å². The van der Waals surface area contributed by atoms with Crippen LogP contribution in [-0.2, 0) is 0 Å². The average Bonchev–Trinajstić information content (AvgIpc) is 2.48. The molecule has 4 heteroatoms. The van der Waals surface area contributed by atoms with Crippen LogP contribution in [0.5, 0.6) is 5.75 Å². The van der Waals surface area contributed by atoms with E-state index in [0.29, 0.717) is 11.7 Å². The highest BCUT2D eigenvalue weighted by atomic mass is 35.5. The van der Waals surface area contributed by atoms with Gasteiger partial charge in [0, 0.05) is 11.4 Å². The van der Waals surface area contributed by atoms with E-state index >= 15 is 0 Å². The third kappa shape index (κ3) is 2.75. The summed E-state index contributed by atoms with van der Waals surface area (Å²) in [5.74, 6) is 0.853. The summed E-state index contributed by atoms with van der Waals surface area (Å²) in [6, 6.07) is 11.7. The molecule has 2 aromatic rings. The number of hydrogen-bond acceptors (Lipinski definition) is 3. The Hall–Kier alpha value is -1.29. The second-order valence-electron chi connectivity index (χ2n) is 5.33. The fraction of sp³-hybridized carbons (Fsp3) is 0.375. The van der Waals surface area contributed by atoms with Crippen molar-refractivity contribution in [3.05, 3.63) is 42.0 Å². The molecule has 20 heavy (non-hydrogen) atoms. The van der Waals surface area contributed by atoms with Gasteiger partial charge in [0.25, 0.3) is 0 Å². The molecule has 0 spiro atoms. The van der Waals surface area contributed by atoms with Crippen molar-refractivity contribution in [3.8, 4) is 5.75 Å². The van der Waals surface area contributed by atoms with Crippen molar-refractivity contribution in [1.29, 1.82) is 0 Å². The van der Waals surface area contributed by atoms with Gasteiger partial charge in [0.2, 0.25) is 0 Å². The van der Waals surface area contributed by atoms with Crippen molar-refractivity contribution < 1.29 is 5.11 Å². The molecule has 4 N–H and O–H groups in total. The smallest absolute Gasteiger partial charge is 0.123 e. The number of fused-ring (bicyclic) bond motifs is 1. The number of halogens is 1. The number of nitrogens with one attached hydrogen (secondary N) is 1. The molecule has 1 aliphatic rings. The van der Waals surface area contributed by atoms with Crippen LogP contribution in [0.1, 0.15) is 24.4 Å². The molecule has 2 aromatic carbocycles. The van der Waals surface area contributed by atoms with Crippen molar-refractivity contribution in [2.75, 3.05) is 13.1 Å². The summed E-state index contributed by atoms with van der Waals surface area (Å²) in [7, 11) is 0. The van der Waals surface area contributed by atoms with Crippen LogP contribution in [0.2, 0.25) is 0 Å². The lowest BCUT2D eigenvalue weighted by molar-refractivity contribution is 0.323. The number of piperidine rings is 1. The van der Waals surface area contributed by atoms with E-state index in [-0.39, 0.29) is 18.4 Å². The van der Waals surface area contributed by atoms with Gasteiger partial charge < -0.3 is 16.2 Å². The monoisotopic (exact) mass is 292 g/mol. The van der Waals surface area contributed by atoms with Gasteiger partial charge >= 0.3 is 0 Å². The fourth-order valence-electron chi connectivity index (χ4n) is 3.05. The summed E-state index contributed by atoms with van der Waals surface area (Å²) >= 11 is 0. The van der Waals surface area contributed by atoms with Gasteiger partial charge in [-0.1, -0.05) is 30.3 Å². The quantitative estimate of drug-likeness (QED) is 0.797. The topological polar surface area (TPSA) is 58.3 Å². The normalized spacial score (nSPS) is 17.6. The first-order valence-corrected chi connectivity index (χ1v) is 6.94. The Labute approximate surface area is 125 Å². The molecule has 1 atom stereocenters. The second kappa shape index (κ2) is 6.44. The minimum absolute atomic E-state index is 0. The molecule has 3 rings (SSSR count). The predicted molar refractivity (Wildman–Crippen MR) is 85.4 cm³/mol. The lowest BCUT2D eigenvalue weighted by Crippen LogP contribution is -2.33. The number of phenols is 1. The van der Waals surface area contributed by atoms with Crippen LogP contribution in [0.3, 0.4) is 0 Å². The van der Waals surface area contributed by atoms with E-state index in [4.69, 9.17) is 5.73 Å². The first kappa shape index (κ1) is 15.1. The highest BCUT2D eigenvalue weighted by molar-refractivity contribution is 5.91. The van der Waals surface area contributed by atoms with Gasteiger partial charge in [-0.3, -0.25) is 0 Å². The predicted octanol–water partition coefficient (Wildman–Crippen LogP) is 2.97. The van der Waals surface area contributed by atoms with E-state index in [2.05, 4.69) is 5.32 Å². The summed E-state index contributed by atoms with van der Waals surface area (Å²) in [6.45, 7) is 2.10. The zero-order valence-electron chi connectivity index (χ0n) is 11.4. The lowest BCUT2D eigenvalue weighted by atomic mass is 9.84. The van der Waals surface area contributed by atoms with Gasteiger partial charge in [-0.05, 0) is 48.9 Å². The van der Waals surface area contributed by atoms with E-state index in [9.17, 15) is 5.11 Å². The molecule has 1 fully saturated rings.